The maximum atomic E-state index is 13.1. The van der Waals surface area contributed by atoms with Crippen LogP contribution in [0.5, 0.6) is 0 Å². The number of fused-ring (bicyclic) bond motifs is 1. The molecule has 0 fully saturated rings. The van der Waals surface area contributed by atoms with Gasteiger partial charge >= 0.3 is 6.18 Å². The fraction of sp³-hybridized carbons (Fsp3) is 0.167. The quantitative estimate of drug-likeness (QED) is 0.739. The summed E-state index contributed by atoms with van der Waals surface area (Å²) in [5.74, 6) is -0.937. The summed E-state index contributed by atoms with van der Waals surface area (Å²) in [6.45, 7) is 0.0347. The van der Waals surface area contributed by atoms with Gasteiger partial charge in [0.2, 0.25) is 5.82 Å². The summed E-state index contributed by atoms with van der Waals surface area (Å²) < 4.78 is 40.4. The topological polar surface area (TPSA) is 56.7 Å². The van der Waals surface area contributed by atoms with Gasteiger partial charge < -0.3 is 10.3 Å². The van der Waals surface area contributed by atoms with Crippen LogP contribution in [0.15, 0.2) is 29.8 Å². The molecule has 2 heterocycles. The number of hydrogen-bond acceptors (Lipinski definition) is 4. The summed E-state index contributed by atoms with van der Waals surface area (Å²) in [5.41, 5.74) is 6.59. The van der Waals surface area contributed by atoms with Gasteiger partial charge in [0, 0.05) is 17.3 Å². The van der Waals surface area contributed by atoms with Crippen molar-refractivity contribution in [2.24, 2.45) is 0 Å². The van der Waals surface area contributed by atoms with E-state index in [1.165, 1.54) is 17.4 Å². The fourth-order valence-corrected chi connectivity index (χ4v) is 2.59. The Bertz CT molecular complexity index is 746. The van der Waals surface area contributed by atoms with Gasteiger partial charge in [-0.1, -0.05) is 0 Å². The standard InChI is InChI=1S/C12H9F3N4S/c13-12(14,15)11-18-8-5-7(16)1-2-9(8)19(11)6-10-17-3-4-20-10/h1-5H,6,16H2. The number of alkyl halides is 3. The van der Waals surface area contributed by atoms with E-state index < -0.39 is 12.0 Å². The number of aromatic nitrogens is 3. The average Bonchev–Trinajstić information content (AvgIpc) is 2.97. The van der Waals surface area contributed by atoms with Crippen molar-refractivity contribution in [3.05, 3.63) is 40.6 Å². The summed E-state index contributed by atoms with van der Waals surface area (Å²) >= 11 is 1.30. The number of nitrogen functional groups attached to an aromatic ring is 1. The van der Waals surface area contributed by atoms with Crippen molar-refractivity contribution in [3.8, 4) is 0 Å². The Kier molecular flexibility index (Phi) is 2.89. The van der Waals surface area contributed by atoms with Gasteiger partial charge in [-0.3, -0.25) is 0 Å². The van der Waals surface area contributed by atoms with E-state index >= 15 is 0 Å². The normalized spacial score (nSPS) is 12.2. The van der Waals surface area contributed by atoms with Crippen molar-refractivity contribution >= 4 is 28.1 Å². The van der Waals surface area contributed by atoms with E-state index in [0.29, 0.717) is 16.2 Å². The summed E-state index contributed by atoms with van der Waals surface area (Å²) in [4.78, 5) is 7.68. The van der Waals surface area contributed by atoms with Crippen LogP contribution < -0.4 is 5.73 Å². The smallest absolute Gasteiger partial charge is 0.399 e. The molecule has 0 aliphatic carbocycles. The van der Waals surface area contributed by atoms with E-state index in [1.807, 2.05) is 0 Å². The zero-order valence-corrected chi connectivity index (χ0v) is 10.9. The van der Waals surface area contributed by atoms with Crippen molar-refractivity contribution in [1.82, 2.24) is 14.5 Å². The molecule has 0 amide bonds. The van der Waals surface area contributed by atoms with Crippen LogP contribution in [0, 0.1) is 0 Å². The largest absolute Gasteiger partial charge is 0.449 e. The molecule has 0 spiro atoms. The monoisotopic (exact) mass is 298 g/mol. The number of rotatable bonds is 2. The van der Waals surface area contributed by atoms with E-state index in [4.69, 9.17) is 5.73 Å². The second-order valence-corrected chi connectivity index (χ2v) is 5.17. The second-order valence-electron chi connectivity index (χ2n) is 4.19. The molecule has 0 saturated heterocycles. The first-order chi connectivity index (χ1) is 9.45. The van der Waals surface area contributed by atoms with Gasteiger partial charge in [-0.05, 0) is 18.2 Å². The Labute approximate surface area is 115 Å². The van der Waals surface area contributed by atoms with Crippen LogP contribution in [0.2, 0.25) is 0 Å². The molecule has 0 aliphatic rings. The minimum atomic E-state index is -4.52. The Morgan fingerprint density at radius 3 is 2.75 bits per heavy atom. The summed E-state index contributed by atoms with van der Waals surface area (Å²) in [6.07, 6.45) is -2.96. The summed E-state index contributed by atoms with van der Waals surface area (Å²) in [5, 5.41) is 2.31. The third kappa shape index (κ3) is 2.22. The van der Waals surface area contributed by atoms with Crippen molar-refractivity contribution in [3.63, 3.8) is 0 Å². The van der Waals surface area contributed by atoms with Gasteiger partial charge in [-0.25, -0.2) is 9.97 Å². The highest BCUT2D eigenvalue weighted by molar-refractivity contribution is 7.09. The molecule has 8 heteroatoms. The molecule has 3 aromatic rings. The molecule has 0 unspecified atom stereocenters. The molecule has 104 valence electrons. The van der Waals surface area contributed by atoms with Gasteiger partial charge in [0.25, 0.3) is 0 Å². The van der Waals surface area contributed by atoms with E-state index in [0.717, 1.165) is 4.57 Å². The van der Waals surface area contributed by atoms with Crippen LogP contribution in [0.4, 0.5) is 18.9 Å². The summed E-state index contributed by atoms with van der Waals surface area (Å²) in [7, 11) is 0. The first kappa shape index (κ1) is 12.9. The maximum absolute atomic E-state index is 13.1. The predicted molar refractivity (Wildman–Crippen MR) is 70.4 cm³/mol. The molecule has 2 aromatic heterocycles. The third-order valence-corrected chi connectivity index (χ3v) is 3.57. The number of halogens is 3. The number of benzene rings is 1. The number of thiazole rings is 1. The van der Waals surface area contributed by atoms with Crippen LogP contribution in [-0.4, -0.2) is 14.5 Å². The molecular formula is C12H9F3N4S. The Hall–Kier alpha value is -2.09. The number of imidazole rings is 1. The Balaban J connectivity index is 2.20. The van der Waals surface area contributed by atoms with Crippen LogP contribution in [0.25, 0.3) is 11.0 Å². The molecule has 0 aliphatic heterocycles. The minimum Gasteiger partial charge on any atom is -0.399 e. The van der Waals surface area contributed by atoms with Crippen molar-refractivity contribution in [2.75, 3.05) is 5.73 Å². The van der Waals surface area contributed by atoms with Crippen molar-refractivity contribution in [1.29, 1.82) is 0 Å². The molecule has 3 rings (SSSR count). The van der Waals surface area contributed by atoms with Gasteiger partial charge in [0.05, 0.1) is 17.6 Å². The lowest BCUT2D eigenvalue weighted by atomic mass is 10.3. The van der Waals surface area contributed by atoms with Crippen molar-refractivity contribution < 1.29 is 13.2 Å². The van der Waals surface area contributed by atoms with Gasteiger partial charge in [-0.2, -0.15) is 13.2 Å². The molecule has 4 nitrogen and oxygen atoms in total. The van der Waals surface area contributed by atoms with Gasteiger partial charge in [0.15, 0.2) is 0 Å². The Morgan fingerprint density at radius 1 is 1.30 bits per heavy atom. The van der Waals surface area contributed by atoms with E-state index in [2.05, 4.69) is 9.97 Å². The number of anilines is 1. The molecule has 2 N–H and O–H groups in total. The van der Waals surface area contributed by atoms with Gasteiger partial charge in [-0.15, -0.1) is 11.3 Å². The molecule has 0 bridgehead atoms. The number of nitrogens with two attached hydrogens (primary N) is 1. The SMILES string of the molecule is Nc1ccc2c(c1)nc(C(F)(F)F)n2Cc1nccs1. The lowest BCUT2D eigenvalue weighted by Gasteiger charge is -2.09. The zero-order chi connectivity index (χ0) is 14.3. The zero-order valence-electron chi connectivity index (χ0n) is 10.1. The third-order valence-electron chi connectivity index (χ3n) is 2.80. The highest BCUT2D eigenvalue weighted by Crippen LogP contribution is 2.32. The van der Waals surface area contributed by atoms with E-state index in [1.54, 1.807) is 23.7 Å². The molecule has 1 aromatic carbocycles. The average molecular weight is 298 g/mol. The van der Waals surface area contributed by atoms with Crippen molar-refractivity contribution in [2.45, 2.75) is 12.7 Å². The van der Waals surface area contributed by atoms with Crippen LogP contribution >= 0.6 is 11.3 Å². The molecule has 20 heavy (non-hydrogen) atoms. The highest BCUT2D eigenvalue weighted by Gasteiger charge is 2.37. The lowest BCUT2D eigenvalue weighted by molar-refractivity contribution is -0.146. The first-order valence-corrected chi connectivity index (χ1v) is 6.54. The lowest BCUT2D eigenvalue weighted by Crippen LogP contribution is -2.15. The van der Waals surface area contributed by atoms with E-state index in [-0.39, 0.29) is 12.1 Å². The number of nitrogens with zero attached hydrogens (tertiary/aromatic N) is 3. The predicted octanol–water partition coefficient (Wildman–Crippen LogP) is 3.14. The van der Waals surface area contributed by atoms with Crippen LogP contribution in [0.3, 0.4) is 0 Å². The molecule has 0 radical (unpaired) electrons. The second kappa shape index (κ2) is 4.48. The van der Waals surface area contributed by atoms with Crippen LogP contribution in [0.1, 0.15) is 10.8 Å². The van der Waals surface area contributed by atoms with E-state index in [9.17, 15) is 13.2 Å². The maximum Gasteiger partial charge on any atom is 0.449 e. The molecule has 0 saturated carbocycles. The fourth-order valence-electron chi connectivity index (χ4n) is 1.99. The molecular weight excluding hydrogens is 289 g/mol. The Morgan fingerprint density at radius 2 is 2.10 bits per heavy atom. The van der Waals surface area contributed by atoms with Gasteiger partial charge in [0.1, 0.15) is 5.01 Å². The summed E-state index contributed by atoms with van der Waals surface area (Å²) in [6, 6.07) is 4.53. The highest BCUT2D eigenvalue weighted by atomic mass is 32.1. The minimum absolute atomic E-state index is 0.0347. The van der Waals surface area contributed by atoms with Crippen LogP contribution in [-0.2, 0) is 12.7 Å². The first-order valence-electron chi connectivity index (χ1n) is 5.66. The molecule has 0 atom stereocenters. The number of hydrogen-bond donors (Lipinski definition) is 1.